The molecule has 7 nitrogen and oxygen atoms in total. The molecule has 1 unspecified atom stereocenters. The summed E-state index contributed by atoms with van der Waals surface area (Å²) in [7, 11) is 3.89. The highest BCUT2D eigenvalue weighted by molar-refractivity contribution is 6.04. The van der Waals surface area contributed by atoms with Gasteiger partial charge in [0.15, 0.2) is 11.6 Å². The second kappa shape index (κ2) is 11.0. The molecule has 1 N–H and O–H groups in total. The number of benzene rings is 2. The molecule has 1 aliphatic heterocycles. The molecule has 9 heteroatoms. The minimum absolute atomic E-state index is 0.00655. The van der Waals surface area contributed by atoms with Crippen LogP contribution in [0.15, 0.2) is 48.6 Å². The van der Waals surface area contributed by atoms with E-state index in [1.807, 2.05) is 59.7 Å². The molecule has 2 aromatic carbocycles. The van der Waals surface area contributed by atoms with E-state index in [1.54, 1.807) is 6.08 Å². The number of rotatable bonds is 6. The van der Waals surface area contributed by atoms with Gasteiger partial charge in [0, 0.05) is 31.3 Å². The van der Waals surface area contributed by atoms with Crippen molar-refractivity contribution in [3.05, 3.63) is 71.3 Å². The highest BCUT2D eigenvalue weighted by Gasteiger charge is 2.27. The van der Waals surface area contributed by atoms with E-state index in [4.69, 9.17) is 0 Å². The lowest BCUT2D eigenvalue weighted by Gasteiger charge is -2.26. The molecule has 1 saturated heterocycles. The molecule has 2 amide bonds. The van der Waals surface area contributed by atoms with Gasteiger partial charge in [0.1, 0.15) is 0 Å². The number of aromatic nitrogens is 2. The first-order chi connectivity index (χ1) is 17.2. The summed E-state index contributed by atoms with van der Waals surface area (Å²) in [4.78, 5) is 34.4. The van der Waals surface area contributed by atoms with Crippen LogP contribution in [-0.4, -0.2) is 64.9 Å². The lowest BCUT2D eigenvalue weighted by Crippen LogP contribution is -2.35. The Hall–Kier alpha value is -3.59. The SMILES string of the molecule is Cc1cccc2nc(NC(=O)c3ccc(F)c(F)c3)n(C3CCCCN(C(=O)/C=C/CN(C)C)C3)c12. The van der Waals surface area contributed by atoms with Gasteiger partial charge in [-0.1, -0.05) is 18.2 Å². The number of nitrogens with one attached hydrogen (secondary N) is 1. The molecule has 3 aromatic rings. The molecule has 190 valence electrons. The van der Waals surface area contributed by atoms with E-state index < -0.39 is 17.5 Å². The van der Waals surface area contributed by atoms with Crippen LogP contribution in [0.1, 0.15) is 41.2 Å². The minimum atomic E-state index is -1.09. The van der Waals surface area contributed by atoms with E-state index in [1.165, 1.54) is 6.07 Å². The van der Waals surface area contributed by atoms with Crippen LogP contribution in [0.2, 0.25) is 0 Å². The lowest BCUT2D eigenvalue weighted by atomic mass is 10.1. The molecule has 0 saturated carbocycles. The number of anilines is 1. The number of carbonyl (C=O) groups is 2. The van der Waals surface area contributed by atoms with E-state index in [-0.39, 0.29) is 17.5 Å². The third-order valence-corrected chi connectivity index (χ3v) is 6.37. The summed E-state index contributed by atoms with van der Waals surface area (Å²) in [5.41, 5.74) is 2.57. The van der Waals surface area contributed by atoms with Gasteiger partial charge in [0.25, 0.3) is 5.91 Å². The highest BCUT2D eigenvalue weighted by atomic mass is 19.2. The van der Waals surface area contributed by atoms with E-state index in [0.717, 1.165) is 42.5 Å². The predicted octanol–water partition coefficient (Wildman–Crippen LogP) is 4.55. The summed E-state index contributed by atoms with van der Waals surface area (Å²) in [6.45, 7) is 3.78. The van der Waals surface area contributed by atoms with Crippen molar-refractivity contribution in [2.45, 2.75) is 32.2 Å². The summed E-state index contributed by atoms with van der Waals surface area (Å²) < 4.78 is 29.1. The Bertz CT molecular complexity index is 1300. The molecule has 0 aliphatic carbocycles. The summed E-state index contributed by atoms with van der Waals surface area (Å²) >= 11 is 0. The van der Waals surface area contributed by atoms with Gasteiger partial charge in [-0.15, -0.1) is 0 Å². The third kappa shape index (κ3) is 5.62. The van der Waals surface area contributed by atoms with Crippen molar-refractivity contribution in [2.24, 2.45) is 0 Å². The average Bonchev–Trinajstić information content (AvgIpc) is 3.02. The van der Waals surface area contributed by atoms with Crippen LogP contribution in [0.5, 0.6) is 0 Å². The first kappa shape index (κ1) is 25.5. The Morgan fingerprint density at radius 3 is 2.72 bits per heavy atom. The molecular weight excluding hydrogens is 464 g/mol. The number of likely N-dealkylation sites (N-methyl/N-ethyl adjacent to an activating group) is 1. The molecule has 0 bridgehead atoms. The third-order valence-electron chi connectivity index (χ3n) is 6.37. The fraction of sp³-hybridized carbons (Fsp3) is 0.370. The minimum Gasteiger partial charge on any atom is -0.337 e. The largest absolute Gasteiger partial charge is 0.337 e. The maximum absolute atomic E-state index is 13.7. The van der Waals surface area contributed by atoms with Crippen molar-refractivity contribution in [2.75, 3.05) is 39.0 Å². The summed E-state index contributed by atoms with van der Waals surface area (Å²) in [5.74, 6) is -2.42. The zero-order chi connectivity index (χ0) is 25.8. The van der Waals surface area contributed by atoms with E-state index in [9.17, 15) is 18.4 Å². The van der Waals surface area contributed by atoms with Crippen LogP contribution in [0.4, 0.5) is 14.7 Å². The summed E-state index contributed by atoms with van der Waals surface area (Å²) in [6, 6.07) is 8.66. The number of carbonyl (C=O) groups excluding carboxylic acids is 2. The molecule has 1 aliphatic rings. The van der Waals surface area contributed by atoms with Crippen LogP contribution >= 0.6 is 0 Å². The zero-order valence-corrected chi connectivity index (χ0v) is 20.8. The molecular formula is C27H31F2N5O2. The lowest BCUT2D eigenvalue weighted by molar-refractivity contribution is -0.126. The predicted molar refractivity (Wildman–Crippen MR) is 136 cm³/mol. The monoisotopic (exact) mass is 495 g/mol. The molecule has 0 spiro atoms. The first-order valence-electron chi connectivity index (χ1n) is 12.1. The van der Waals surface area contributed by atoms with Gasteiger partial charge >= 0.3 is 0 Å². The fourth-order valence-corrected chi connectivity index (χ4v) is 4.58. The maximum atomic E-state index is 13.7. The number of para-hydroxylation sites is 1. The number of aryl methyl sites for hydroxylation is 1. The van der Waals surface area contributed by atoms with Crippen LogP contribution < -0.4 is 5.32 Å². The molecule has 2 heterocycles. The van der Waals surface area contributed by atoms with Crippen LogP contribution in [-0.2, 0) is 4.79 Å². The number of hydrogen-bond donors (Lipinski definition) is 1. The van der Waals surface area contributed by atoms with Gasteiger partial charge in [-0.2, -0.15) is 0 Å². The van der Waals surface area contributed by atoms with Crippen LogP contribution in [0.3, 0.4) is 0 Å². The van der Waals surface area contributed by atoms with E-state index in [0.29, 0.717) is 31.1 Å². The smallest absolute Gasteiger partial charge is 0.258 e. The molecule has 0 radical (unpaired) electrons. The number of hydrogen-bond acceptors (Lipinski definition) is 4. The molecule has 1 fully saturated rings. The second-order valence-electron chi connectivity index (χ2n) is 9.43. The Morgan fingerprint density at radius 1 is 1.17 bits per heavy atom. The van der Waals surface area contributed by atoms with Crippen LogP contribution in [0.25, 0.3) is 11.0 Å². The van der Waals surface area contributed by atoms with Gasteiger partial charge in [-0.05, 0) is 70.1 Å². The van der Waals surface area contributed by atoms with Gasteiger partial charge in [0.05, 0.1) is 17.1 Å². The quantitative estimate of drug-likeness (QED) is 0.510. The molecule has 1 aromatic heterocycles. The van der Waals surface area contributed by atoms with Crippen molar-refractivity contribution in [1.82, 2.24) is 19.4 Å². The van der Waals surface area contributed by atoms with Gasteiger partial charge in [-0.25, -0.2) is 13.8 Å². The van der Waals surface area contributed by atoms with Gasteiger partial charge < -0.3 is 14.4 Å². The van der Waals surface area contributed by atoms with Crippen molar-refractivity contribution >= 4 is 28.8 Å². The number of halogens is 2. The highest BCUT2D eigenvalue weighted by Crippen LogP contribution is 2.32. The first-order valence-corrected chi connectivity index (χ1v) is 12.1. The maximum Gasteiger partial charge on any atom is 0.258 e. The topological polar surface area (TPSA) is 70.5 Å². The van der Waals surface area contributed by atoms with Gasteiger partial charge in [0.2, 0.25) is 11.9 Å². The van der Waals surface area contributed by atoms with Crippen molar-refractivity contribution < 1.29 is 18.4 Å². The molecule has 4 rings (SSSR count). The number of fused-ring (bicyclic) bond motifs is 1. The summed E-state index contributed by atoms with van der Waals surface area (Å²) in [6.07, 6.45) is 6.07. The van der Waals surface area contributed by atoms with Gasteiger partial charge in [-0.3, -0.25) is 14.9 Å². The average molecular weight is 496 g/mol. The van der Waals surface area contributed by atoms with Crippen LogP contribution in [0, 0.1) is 18.6 Å². The number of amides is 2. The number of nitrogens with zero attached hydrogens (tertiary/aromatic N) is 4. The summed E-state index contributed by atoms with van der Waals surface area (Å²) in [5, 5.41) is 2.80. The number of imidazole rings is 1. The number of likely N-dealkylation sites (tertiary alicyclic amines) is 1. The standard InChI is InChI=1S/C27H31F2N5O2/c1-18-8-6-10-23-25(18)34(27(30-23)31-26(36)19-12-13-21(28)22(29)16-19)20-9-4-5-15-33(17-20)24(35)11-7-14-32(2)3/h6-8,10-13,16,20H,4-5,9,14-15,17H2,1-3H3,(H,30,31,36)/b11-7+. The second-order valence-corrected chi connectivity index (χ2v) is 9.43. The van der Waals surface area contributed by atoms with Crippen molar-refractivity contribution in [3.63, 3.8) is 0 Å². The van der Waals surface area contributed by atoms with Crippen molar-refractivity contribution in [1.29, 1.82) is 0 Å². The van der Waals surface area contributed by atoms with E-state index >= 15 is 0 Å². The van der Waals surface area contributed by atoms with Crippen molar-refractivity contribution in [3.8, 4) is 0 Å². The zero-order valence-electron chi connectivity index (χ0n) is 20.8. The Kier molecular flexibility index (Phi) is 7.79. The fourth-order valence-electron chi connectivity index (χ4n) is 4.58. The van der Waals surface area contributed by atoms with E-state index in [2.05, 4.69) is 10.3 Å². The Morgan fingerprint density at radius 2 is 1.97 bits per heavy atom. The molecule has 36 heavy (non-hydrogen) atoms. The Labute approximate surface area is 209 Å². The molecule has 1 atom stereocenters. The Balaban J connectivity index is 1.68. The normalized spacial score (nSPS) is 16.6.